The first kappa shape index (κ1) is 16.0. The van der Waals surface area contributed by atoms with E-state index in [2.05, 4.69) is 10.3 Å². The van der Waals surface area contributed by atoms with Gasteiger partial charge < -0.3 is 0 Å². The van der Waals surface area contributed by atoms with Gasteiger partial charge in [0.25, 0.3) is 0 Å². The van der Waals surface area contributed by atoms with Crippen LogP contribution in [0, 0.1) is 0 Å². The van der Waals surface area contributed by atoms with E-state index in [9.17, 15) is 8.42 Å². The molecule has 7 heteroatoms. The summed E-state index contributed by atoms with van der Waals surface area (Å²) in [7, 11) is -3.52. The maximum atomic E-state index is 13.0. The van der Waals surface area contributed by atoms with Crippen molar-refractivity contribution in [3.05, 3.63) is 67.0 Å². The molecule has 128 valence electrons. The van der Waals surface area contributed by atoms with Gasteiger partial charge in [-0.3, -0.25) is 0 Å². The maximum Gasteiger partial charge on any atom is 0.243 e. The minimum absolute atomic E-state index is 0.0366. The second-order valence-corrected chi connectivity index (χ2v) is 8.02. The van der Waals surface area contributed by atoms with Crippen LogP contribution < -0.4 is 0 Å². The van der Waals surface area contributed by atoms with Crippen LogP contribution in [0.15, 0.2) is 71.9 Å². The van der Waals surface area contributed by atoms with Gasteiger partial charge in [-0.15, -0.1) is 5.10 Å². The van der Waals surface area contributed by atoms with Crippen LogP contribution in [0.2, 0.25) is 0 Å². The molecule has 1 aliphatic heterocycles. The van der Waals surface area contributed by atoms with Gasteiger partial charge in [0, 0.05) is 19.3 Å². The summed E-state index contributed by atoms with van der Waals surface area (Å²) in [4.78, 5) is 0.327. The van der Waals surface area contributed by atoms with Gasteiger partial charge in [0.2, 0.25) is 10.0 Å². The quantitative estimate of drug-likeness (QED) is 0.722. The van der Waals surface area contributed by atoms with Crippen molar-refractivity contribution < 1.29 is 8.42 Å². The maximum absolute atomic E-state index is 13.0. The molecule has 2 aromatic carbocycles. The summed E-state index contributed by atoms with van der Waals surface area (Å²) in [5.74, 6) is 0. The molecule has 4 rings (SSSR count). The van der Waals surface area contributed by atoms with Crippen molar-refractivity contribution in [2.75, 3.05) is 13.1 Å². The van der Waals surface area contributed by atoms with Crippen molar-refractivity contribution in [2.24, 2.45) is 0 Å². The summed E-state index contributed by atoms with van der Waals surface area (Å²) in [6, 6.07) is 16.9. The van der Waals surface area contributed by atoms with Crippen LogP contribution in [0.5, 0.6) is 0 Å². The second kappa shape index (κ2) is 6.42. The largest absolute Gasteiger partial charge is 0.248 e. The predicted molar refractivity (Wildman–Crippen MR) is 94.3 cm³/mol. The number of sulfonamides is 1. The molecular formula is C18H18N4O2S. The van der Waals surface area contributed by atoms with Gasteiger partial charge in [-0.25, -0.2) is 13.1 Å². The number of hydrogen-bond acceptors (Lipinski definition) is 4. The predicted octanol–water partition coefficient (Wildman–Crippen LogP) is 2.58. The standard InChI is InChI=1S/C18H18N4O2S/c23-25(24,21-11-9-17(14-21)22-12-10-19-20-22)18-8-4-7-16(13-18)15-5-2-1-3-6-15/h1-8,10,12-13,17H,9,11,14H2. The van der Waals surface area contributed by atoms with Crippen molar-refractivity contribution in [3.63, 3.8) is 0 Å². The Morgan fingerprint density at radius 2 is 1.80 bits per heavy atom. The number of nitrogens with zero attached hydrogens (tertiary/aromatic N) is 4. The van der Waals surface area contributed by atoms with Crippen molar-refractivity contribution in [1.29, 1.82) is 0 Å². The third kappa shape index (κ3) is 3.08. The van der Waals surface area contributed by atoms with Gasteiger partial charge in [0.15, 0.2) is 0 Å². The molecule has 1 unspecified atom stereocenters. The first-order valence-electron chi connectivity index (χ1n) is 8.16. The van der Waals surface area contributed by atoms with Gasteiger partial charge in [-0.05, 0) is 29.7 Å². The van der Waals surface area contributed by atoms with E-state index in [1.807, 2.05) is 36.4 Å². The molecule has 1 saturated heterocycles. The number of benzene rings is 2. The van der Waals surface area contributed by atoms with Crippen LogP contribution in [0.25, 0.3) is 11.1 Å². The molecule has 0 spiro atoms. The van der Waals surface area contributed by atoms with Crippen LogP contribution in [0.3, 0.4) is 0 Å². The van der Waals surface area contributed by atoms with Gasteiger partial charge in [0.1, 0.15) is 0 Å². The lowest BCUT2D eigenvalue weighted by Gasteiger charge is -2.17. The van der Waals surface area contributed by atoms with E-state index in [-0.39, 0.29) is 6.04 Å². The second-order valence-electron chi connectivity index (χ2n) is 6.08. The fraction of sp³-hybridized carbons (Fsp3) is 0.222. The minimum Gasteiger partial charge on any atom is -0.248 e. The average molecular weight is 354 g/mol. The summed E-state index contributed by atoms with van der Waals surface area (Å²) >= 11 is 0. The van der Waals surface area contributed by atoms with Crippen LogP contribution in [-0.2, 0) is 10.0 Å². The Morgan fingerprint density at radius 1 is 1.00 bits per heavy atom. The average Bonchev–Trinajstić information content (AvgIpc) is 3.34. The lowest BCUT2D eigenvalue weighted by Crippen LogP contribution is -2.29. The Labute approximate surface area is 146 Å². The van der Waals surface area contributed by atoms with Crippen LogP contribution in [0.1, 0.15) is 12.5 Å². The van der Waals surface area contributed by atoms with Crippen molar-refractivity contribution >= 4 is 10.0 Å². The van der Waals surface area contributed by atoms with Gasteiger partial charge >= 0.3 is 0 Å². The van der Waals surface area contributed by atoms with E-state index in [1.165, 1.54) is 4.31 Å². The Bertz CT molecular complexity index is 956. The summed E-state index contributed by atoms with van der Waals surface area (Å²) in [6.45, 7) is 0.906. The van der Waals surface area contributed by atoms with Crippen LogP contribution in [0.4, 0.5) is 0 Å². The molecule has 6 nitrogen and oxygen atoms in total. The summed E-state index contributed by atoms with van der Waals surface area (Å²) in [6.07, 6.45) is 4.12. The lowest BCUT2D eigenvalue weighted by atomic mass is 10.1. The Morgan fingerprint density at radius 3 is 2.56 bits per heavy atom. The van der Waals surface area contributed by atoms with E-state index in [1.54, 1.807) is 35.3 Å². The summed E-state index contributed by atoms with van der Waals surface area (Å²) < 4.78 is 29.3. The molecule has 0 saturated carbocycles. The zero-order chi connectivity index (χ0) is 17.3. The van der Waals surface area contributed by atoms with Crippen molar-refractivity contribution in [2.45, 2.75) is 17.4 Å². The Kier molecular flexibility index (Phi) is 4.10. The highest BCUT2D eigenvalue weighted by molar-refractivity contribution is 7.89. The van der Waals surface area contributed by atoms with Crippen LogP contribution >= 0.6 is 0 Å². The molecule has 0 amide bonds. The molecule has 0 bridgehead atoms. The topological polar surface area (TPSA) is 68.1 Å². The fourth-order valence-electron chi connectivity index (χ4n) is 3.17. The summed E-state index contributed by atoms with van der Waals surface area (Å²) in [5, 5.41) is 7.79. The fourth-order valence-corrected chi connectivity index (χ4v) is 4.71. The highest BCUT2D eigenvalue weighted by Crippen LogP contribution is 2.29. The SMILES string of the molecule is O=S(=O)(c1cccc(-c2ccccc2)c1)N1CCC(n2ccnn2)C1. The molecule has 3 aromatic rings. The zero-order valence-corrected chi connectivity index (χ0v) is 14.4. The van der Waals surface area contributed by atoms with Gasteiger partial charge in [-0.1, -0.05) is 47.7 Å². The first-order chi connectivity index (χ1) is 12.1. The van der Waals surface area contributed by atoms with E-state index in [4.69, 9.17) is 0 Å². The third-order valence-electron chi connectivity index (χ3n) is 4.52. The molecule has 0 aliphatic carbocycles. The van der Waals surface area contributed by atoms with E-state index < -0.39 is 10.0 Å². The van der Waals surface area contributed by atoms with Gasteiger partial charge in [0.05, 0.1) is 17.1 Å². The molecule has 1 fully saturated rings. The van der Waals surface area contributed by atoms with Crippen molar-refractivity contribution in [3.8, 4) is 11.1 Å². The molecule has 1 aliphatic rings. The molecule has 25 heavy (non-hydrogen) atoms. The molecular weight excluding hydrogens is 336 g/mol. The minimum atomic E-state index is -3.52. The number of rotatable bonds is 4. The number of aromatic nitrogens is 3. The van der Waals surface area contributed by atoms with E-state index in [0.29, 0.717) is 18.0 Å². The Hall–Kier alpha value is -2.51. The smallest absolute Gasteiger partial charge is 0.243 e. The van der Waals surface area contributed by atoms with Crippen LogP contribution in [-0.4, -0.2) is 40.8 Å². The monoisotopic (exact) mass is 354 g/mol. The third-order valence-corrected chi connectivity index (χ3v) is 6.38. The first-order valence-corrected chi connectivity index (χ1v) is 9.60. The highest BCUT2D eigenvalue weighted by Gasteiger charge is 2.33. The van der Waals surface area contributed by atoms with E-state index >= 15 is 0 Å². The van der Waals surface area contributed by atoms with E-state index in [0.717, 1.165) is 17.5 Å². The molecule has 0 N–H and O–H groups in total. The van der Waals surface area contributed by atoms with Gasteiger partial charge in [-0.2, -0.15) is 4.31 Å². The zero-order valence-electron chi connectivity index (χ0n) is 13.6. The summed E-state index contributed by atoms with van der Waals surface area (Å²) in [5.41, 5.74) is 1.90. The molecule has 0 radical (unpaired) electrons. The number of hydrogen-bond donors (Lipinski definition) is 0. The molecule has 1 aromatic heterocycles. The highest BCUT2D eigenvalue weighted by atomic mass is 32.2. The molecule has 1 atom stereocenters. The molecule has 2 heterocycles. The van der Waals surface area contributed by atoms with Crippen molar-refractivity contribution in [1.82, 2.24) is 19.3 Å². The normalized spacial score (nSPS) is 18.5. The Balaban J connectivity index is 1.61. The lowest BCUT2D eigenvalue weighted by molar-refractivity contribution is 0.428.